The molecule has 0 radical (unpaired) electrons. The number of benzene rings is 12. The number of hydrogen-bond acceptors (Lipinski definition) is 2. The Hall–Kier alpha value is -10.3. The van der Waals surface area contributed by atoms with Crippen LogP contribution in [0.25, 0.3) is 93.6 Å². The fourth-order valence-corrected chi connectivity index (χ4v) is 15.6. The second-order valence-electron chi connectivity index (χ2n) is 30.7. The van der Waals surface area contributed by atoms with Gasteiger partial charge in [-0.3, -0.25) is 0 Å². The minimum atomic E-state index is -0.177. The van der Waals surface area contributed by atoms with E-state index in [9.17, 15) is 0 Å². The molecule has 0 saturated carbocycles. The van der Waals surface area contributed by atoms with Crippen molar-refractivity contribution in [3.05, 3.63) is 277 Å². The van der Waals surface area contributed by atoms with E-state index in [2.05, 4.69) is 361 Å². The highest BCUT2D eigenvalue weighted by molar-refractivity contribution is 7.00. The van der Waals surface area contributed by atoms with Gasteiger partial charge in [-0.15, -0.1) is 0 Å². The number of rotatable bonds is 6. The lowest BCUT2D eigenvalue weighted by atomic mass is 9.33. The first-order chi connectivity index (χ1) is 45.2. The van der Waals surface area contributed by atoms with Gasteiger partial charge in [-0.25, -0.2) is 0 Å². The Bertz CT molecular complexity index is 5460. The van der Waals surface area contributed by atoms with Crippen molar-refractivity contribution in [2.45, 2.75) is 105 Å². The number of para-hydroxylation sites is 5. The lowest BCUT2D eigenvalue weighted by Gasteiger charge is -2.45. The van der Waals surface area contributed by atoms with Gasteiger partial charge in [-0.05, 0) is 175 Å². The Kier molecular flexibility index (Phi) is 12.6. The highest BCUT2D eigenvalue weighted by Gasteiger charge is 2.45. The standard InChI is InChI=1S/C88H78BN5/c1-85(2,3)57-45-58(86(4,5)6)48-63(47-57)93-80-51-61(90-74-33-21-16-28-66(74)67-29-17-22-34-75(67)90)39-41-72(80)89-73-42-40-62(91-78-37-25-20-32-70(78)71-44-56(38-43-79(71)91)55-26-14-13-15-27-55)52-81(73)94(64-49-59(87(7,8)9)46-60(50-64)88(10,11)12)83-54-65(53-82(93)84(83)89)92-76-35-23-18-30-68(76)69-31-19-24-36-77(69)92/h13-54H,1-12H3. The lowest BCUT2D eigenvalue weighted by Crippen LogP contribution is -2.61. The Morgan fingerprint density at radius 3 is 0.926 bits per heavy atom. The molecular formula is C88H78BN5. The Balaban J connectivity index is 1.03. The predicted molar refractivity (Wildman–Crippen MR) is 404 cm³/mol. The van der Waals surface area contributed by atoms with Gasteiger partial charge >= 0.3 is 0 Å². The molecule has 12 aromatic carbocycles. The van der Waals surface area contributed by atoms with Crippen molar-refractivity contribution in [3.63, 3.8) is 0 Å². The van der Waals surface area contributed by atoms with Gasteiger partial charge in [-0.1, -0.05) is 235 Å². The van der Waals surface area contributed by atoms with Crippen molar-refractivity contribution in [3.8, 4) is 28.2 Å². The summed E-state index contributed by atoms with van der Waals surface area (Å²) in [6.45, 7) is 28.2. The van der Waals surface area contributed by atoms with E-state index in [1.807, 2.05) is 0 Å². The zero-order valence-corrected chi connectivity index (χ0v) is 56.1. The van der Waals surface area contributed by atoms with E-state index in [0.717, 1.165) is 51.2 Å². The first-order valence-corrected chi connectivity index (χ1v) is 33.6. The second kappa shape index (κ2) is 20.6. The maximum Gasteiger partial charge on any atom is 0.252 e. The normalized spacial score (nSPS) is 13.5. The molecule has 94 heavy (non-hydrogen) atoms. The van der Waals surface area contributed by atoms with Crippen LogP contribution in [0, 0.1) is 0 Å². The van der Waals surface area contributed by atoms with Crippen LogP contribution < -0.4 is 26.2 Å². The van der Waals surface area contributed by atoms with Crippen LogP contribution >= 0.6 is 0 Å². The van der Waals surface area contributed by atoms with Crippen molar-refractivity contribution >= 4 is 123 Å². The van der Waals surface area contributed by atoms with Crippen LogP contribution in [0.4, 0.5) is 34.1 Å². The average Bonchev–Trinajstić information content (AvgIpc) is 0.750. The molecule has 0 fully saturated rings. The molecule has 458 valence electrons. The zero-order valence-electron chi connectivity index (χ0n) is 56.1. The largest absolute Gasteiger partial charge is 0.311 e. The van der Waals surface area contributed by atoms with Crippen LogP contribution in [0.15, 0.2) is 255 Å². The van der Waals surface area contributed by atoms with E-state index in [4.69, 9.17) is 0 Å². The third-order valence-electron chi connectivity index (χ3n) is 20.6. The highest BCUT2D eigenvalue weighted by atomic mass is 15.2. The van der Waals surface area contributed by atoms with E-state index < -0.39 is 0 Å². The fraction of sp³-hybridized carbons (Fsp3) is 0.182. The van der Waals surface area contributed by atoms with E-state index in [0.29, 0.717) is 0 Å². The monoisotopic (exact) mass is 1220 g/mol. The van der Waals surface area contributed by atoms with Crippen LogP contribution in [-0.4, -0.2) is 20.4 Å². The quantitative estimate of drug-likeness (QED) is 0.155. The smallest absolute Gasteiger partial charge is 0.252 e. The molecule has 5 heterocycles. The molecule has 0 N–H and O–H groups in total. The summed E-state index contributed by atoms with van der Waals surface area (Å²) >= 11 is 0. The number of fused-ring (bicyclic) bond motifs is 13. The lowest BCUT2D eigenvalue weighted by molar-refractivity contribution is 0.568. The molecule has 0 unspecified atom stereocenters. The maximum atomic E-state index is 2.68. The van der Waals surface area contributed by atoms with Crippen molar-refractivity contribution in [1.82, 2.24) is 13.7 Å². The van der Waals surface area contributed by atoms with Gasteiger partial charge in [0.25, 0.3) is 6.71 Å². The third kappa shape index (κ3) is 8.96. The summed E-state index contributed by atoms with van der Waals surface area (Å²) in [6, 6.07) is 97.6. The molecular weight excluding hydrogens is 1140 g/mol. The molecule has 3 aromatic heterocycles. The van der Waals surface area contributed by atoms with E-state index in [1.54, 1.807) is 0 Å². The topological polar surface area (TPSA) is 21.3 Å². The molecule has 5 nitrogen and oxygen atoms in total. The van der Waals surface area contributed by atoms with Gasteiger partial charge in [0.05, 0.1) is 38.8 Å². The van der Waals surface area contributed by atoms with Crippen LogP contribution in [0.2, 0.25) is 0 Å². The average molecular weight is 1220 g/mol. The summed E-state index contributed by atoms with van der Waals surface area (Å²) < 4.78 is 7.56. The van der Waals surface area contributed by atoms with Gasteiger partial charge in [0, 0.05) is 77.8 Å². The van der Waals surface area contributed by atoms with Crippen LogP contribution in [0.1, 0.15) is 105 Å². The predicted octanol–water partition coefficient (Wildman–Crippen LogP) is 21.9. The zero-order chi connectivity index (χ0) is 64.5. The molecule has 2 aliphatic rings. The highest BCUT2D eigenvalue weighted by Crippen LogP contribution is 2.50. The Morgan fingerprint density at radius 1 is 0.234 bits per heavy atom. The van der Waals surface area contributed by atoms with Gasteiger partial charge in [0.1, 0.15) is 0 Å². The summed E-state index contributed by atoms with van der Waals surface area (Å²) in [5, 5.41) is 7.41. The molecule has 0 amide bonds. The Morgan fingerprint density at radius 2 is 0.553 bits per heavy atom. The van der Waals surface area contributed by atoms with Crippen LogP contribution in [-0.2, 0) is 21.7 Å². The maximum absolute atomic E-state index is 2.68. The molecule has 0 bridgehead atoms. The van der Waals surface area contributed by atoms with E-state index in [1.165, 1.54) is 115 Å². The molecule has 15 aromatic rings. The summed E-state index contributed by atoms with van der Waals surface area (Å²) in [7, 11) is 0. The summed E-state index contributed by atoms with van der Waals surface area (Å²) in [4.78, 5) is 5.36. The van der Waals surface area contributed by atoms with Crippen LogP contribution in [0.5, 0.6) is 0 Å². The van der Waals surface area contributed by atoms with Crippen molar-refractivity contribution in [2.24, 2.45) is 0 Å². The SMILES string of the molecule is CC(C)(C)c1cc(N2c3cc(-n4c5ccccc5c5ccccc54)ccc3B3c4ccc(-n5c6ccccc6c6cc(-c7ccccc7)ccc65)cc4N(c4cc(C(C)(C)C)cc(C(C)(C)C)c4)c4cc(-n5c6ccccc6c6ccccc65)cc2c43)cc(C(C)(C)C)c1. The molecule has 0 atom stereocenters. The minimum absolute atomic E-state index is 0.150. The summed E-state index contributed by atoms with van der Waals surface area (Å²) in [6.07, 6.45) is 0. The van der Waals surface area contributed by atoms with Gasteiger partial charge in [-0.2, -0.15) is 0 Å². The van der Waals surface area contributed by atoms with Gasteiger partial charge < -0.3 is 23.5 Å². The van der Waals surface area contributed by atoms with Crippen LogP contribution in [0.3, 0.4) is 0 Å². The van der Waals surface area contributed by atoms with Gasteiger partial charge in [0.2, 0.25) is 0 Å². The van der Waals surface area contributed by atoms with Crippen molar-refractivity contribution < 1.29 is 0 Å². The number of anilines is 6. The van der Waals surface area contributed by atoms with E-state index >= 15 is 0 Å². The van der Waals surface area contributed by atoms with Gasteiger partial charge in [0.15, 0.2) is 0 Å². The summed E-state index contributed by atoms with van der Waals surface area (Å²) in [5.41, 5.74) is 28.2. The second-order valence-corrected chi connectivity index (χ2v) is 30.7. The molecule has 0 spiro atoms. The number of nitrogens with zero attached hydrogens (tertiary/aromatic N) is 5. The molecule has 0 saturated heterocycles. The first kappa shape index (κ1) is 57.6. The third-order valence-corrected chi connectivity index (χ3v) is 20.6. The number of hydrogen-bond donors (Lipinski definition) is 0. The first-order valence-electron chi connectivity index (χ1n) is 33.6. The van der Waals surface area contributed by atoms with Crippen molar-refractivity contribution in [1.29, 1.82) is 0 Å². The summed E-state index contributed by atoms with van der Waals surface area (Å²) in [5.74, 6) is 0. The molecule has 6 heteroatoms. The molecule has 17 rings (SSSR count). The molecule has 2 aliphatic heterocycles. The van der Waals surface area contributed by atoms with Crippen molar-refractivity contribution in [2.75, 3.05) is 9.80 Å². The fourth-order valence-electron chi connectivity index (χ4n) is 15.6. The Labute approximate surface area is 552 Å². The van der Waals surface area contributed by atoms with E-state index in [-0.39, 0.29) is 28.4 Å². The number of aromatic nitrogens is 3. The molecule has 0 aliphatic carbocycles. The minimum Gasteiger partial charge on any atom is -0.311 e.